The van der Waals surface area contributed by atoms with E-state index in [-0.39, 0.29) is 18.1 Å². The molecular weight excluding hydrogens is 238 g/mol. The van der Waals surface area contributed by atoms with E-state index < -0.39 is 0 Å². The minimum atomic E-state index is 0.0150. The molecule has 17 heavy (non-hydrogen) atoms. The van der Waals surface area contributed by atoms with Crippen molar-refractivity contribution in [2.24, 2.45) is 5.73 Å². The van der Waals surface area contributed by atoms with Gasteiger partial charge in [-0.2, -0.15) is 0 Å². The number of fused-ring (bicyclic) bond motifs is 2. The van der Waals surface area contributed by atoms with Crippen LogP contribution < -0.4 is 5.73 Å². The molecule has 0 saturated carbocycles. The molecule has 2 fully saturated rings. The van der Waals surface area contributed by atoms with Crippen LogP contribution in [0.2, 0.25) is 0 Å². The minimum absolute atomic E-state index is 0.0150. The number of nitrogens with two attached hydrogens (primary N) is 1. The SMILES string of the molecule is NCc1nc(C(=O)N2CC3CCC(C2)O3)cs1. The summed E-state index contributed by atoms with van der Waals surface area (Å²) in [5.41, 5.74) is 6.02. The number of hydrogen-bond donors (Lipinski definition) is 1. The third-order valence-electron chi connectivity index (χ3n) is 3.28. The zero-order valence-electron chi connectivity index (χ0n) is 9.46. The molecule has 1 aromatic rings. The highest BCUT2D eigenvalue weighted by molar-refractivity contribution is 7.09. The Labute approximate surface area is 104 Å². The zero-order valence-corrected chi connectivity index (χ0v) is 10.3. The van der Waals surface area contributed by atoms with Gasteiger partial charge in [0.15, 0.2) is 0 Å². The second-order valence-electron chi connectivity index (χ2n) is 4.50. The maximum atomic E-state index is 12.2. The summed E-state index contributed by atoms with van der Waals surface area (Å²) in [6.45, 7) is 1.79. The second-order valence-corrected chi connectivity index (χ2v) is 5.44. The number of likely N-dealkylation sites (tertiary alicyclic amines) is 1. The smallest absolute Gasteiger partial charge is 0.273 e. The lowest BCUT2D eigenvalue weighted by molar-refractivity contribution is -0.0305. The highest BCUT2D eigenvalue weighted by Crippen LogP contribution is 2.27. The van der Waals surface area contributed by atoms with Gasteiger partial charge in [0, 0.05) is 25.0 Å². The third-order valence-corrected chi connectivity index (χ3v) is 4.15. The second kappa shape index (κ2) is 4.36. The first-order valence-electron chi connectivity index (χ1n) is 5.85. The van der Waals surface area contributed by atoms with Crippen LogP contribution in [0.5, 0.6) is 0 Å². The molecule has 0 radical (unpaired) electrons. The van der Waals surface area contributed by atoms with E-state index in [1.54, 1.807) is 5.38 Å². The molecule has 1 aromatic heterocycles. The first-order chi connectivity index (χ1) is 8.26. The van der Waals surface area contributed by atoms with Gasteiger partial charge >= 0.3 is 0 Å². The normalized spacial score (nSPS) is 27.5. The molecular formula is C11H15N3O2S. The molecule has 2 saturated heterocycles. The van der Waals surface area contributed by atoms with E-state index in [9.17, 15) is 4.79 Å². The Kier molecular flexibility index (Phi) is 2.85. The van der Waals surface area contributed by atoms with Crippen molar-refractivity contribution in [1.29, 1.82) is 0 Å². The van der Waals surface area contributed by atoms with Crippen molar-refractivity contribution < 1.29 is 9.53 Å². The van der Waals surface area contributed by atoms with Gasteiger partial charge in [-0.3, -0.25) is 4.79 Å². The van der Waals surface area contributed by atoms with Gasteiger partial charge in [-0.15, -0.1) is 11.3 Å². The van der Waals surface area contributed by atoms with Crippen LogP contribution >= 0.6 is 11.3 Å². The summed E-state index contributed by atoms with van der Waals surface area (Å²) in [5.74, 6) is 0.0150. The van der Waals surface area contributed by atoms with Crippen LogP contribution in [0.4, 0.5) is 0 Å². The van der Waals surface area contributed by atoms with Crippen molar-refractivity contribution in [2.45, 2.75) is 31.6 Å². The van der Waals surface area contributed by atoms with Gasteiger partial charge in [0.1, 0.15) is 10.7 Å². The van der Waals surface area contributed by atoms with E-state index in [1.807, 2.05) is 4.90 Å². The molecule has 3 rings (SSSR count). The molecule has 2 atom stereocenters. The van der Waals surface area contributed by atoms with Crippen molar-refractivity contribution in [3.05, 3.63) is 16.1 Å². The summed E-state index contributed by atoms with van der Waals surface area (Å²) in [5, 5.41) is 2.60. The van der Waals surface area contributed by atoms with Gasteiger partial charge < -0.3 is 15.4 Å². The summed E-state index contributed by atoms with van der Waals surface area (Å²) in [4.78, 5) is 18.3. The average molecular weight is 253 g/mol. The Morgan fingerprint density at radius 2 is 2.24 bits per heavy atom. The molecule has 1 amide bonds. The quantitative estimate of drug-likeness (QED) is 0.838. The fraction of sp³-hybridized carbons (Fsp3) is 0.636. The van der Waals surface area contributed by atoms with Crippen LogP contribution in [0.25, 0.3) is 0 Å². The van der Waals surface area contributed by atoms with E-state index in [0.29, 0.717) is 25.3 Å². The largest absolute Gasteiger partial charge is 0.371 e. The van der Waals surface area contributed by atoms with Crippen molar-refractivity contribution in [3.8, 4) is 0 Å². The predicted molar refractivity (Wildman–Crippen MR) is 63.8 cm³/mol. The van der Waals surface area contributed by atoms with Gasteiger partial charge in [0.05, 0.1) is 12.2 Å². The molecule has 2 unspecified atom stereocenters. The van der Waals surface area contributed by atoms with Gasteiger partial charge in [-0.1, -0.05) is 0 Å². The highest BCUT2D eigenvalue weighted by Gasteiger charge is 2.36. The van der Waals surface area contributed by atoms with E-state index in [0.717, 1.165) is 17.8 Å². The Hall–Kier alpha value is -0.980. The zero-order chi connectivity index (χ0) is 11.8. The van der Waals surface area contributed by atoms with Crippen LogP contribution in [0, 0.1) is 0 Å². The molecule has 0 aliphatic carbocycles. The van der Waals surface area contributed by atoms with E-state index in [1.165, 1.54) is 11.3 Å². The van der Waals surface area contributed by atoms with Crippen LogP contribution in [0.1, 0.15) is 28.3 Å². The summed E-state index contributed by atoms with van der Waals surface area (Å²) < 4.78 is 5.71. The first kappa shape index (κ1) is 11.1. The molecule has 92 valence electrons. The Morgan fingerprint density at radius 3 is 2.82 bits per heavy atom. The van der Waals surface area contributed by atoms with Gasteiger partial charge in [0.25, 0.3) is 5.91 Å². The van der Waals surface area contributed by atoms with E-state index in [4.69, 9.17) is 10.5 Å². The molecule has 0 aromatic carbocycles. The molecule has 2 bridgehead atoms. The van der Waals surface area contributed by atoms with Crippen LogP contribution in [0.15, 0.2) is 5.38 Å². The van der Waals surface area contributed by atoms with Gasteiger partial charge in [0.2, 0.25) is 0 Å². The lowest BCUT2D eigenvalue weighted by Gasteiger charge is -2.31. The number of nitrogens with zero attached hydrogens (tertiary/aromatic N) is 2. The summed E-state index contributed by atoms with van der Waals surface area (Å²) in [6, 6.07) is 0. The summed E-state index contributed by atoms with van der Waals surface area (Å²) >= 11 is 1.44. The fourth-order valence-corrected chi connectivity index (χ4v) is 3.09. The predicted octanol–water partition coefficient (Wildman–Crippen LogP) is 0.605. The lowest BCUT2D eigenvalue weighted by atomic mass is 10.2. The number of rotatable bonds is 2. The topological polar surface area (TPSA) is 68.5 Å². The molecule has 2 N–H and O–H groups in total. The Morgan fingerprint density at radius 1 is 1.53 bits per heavy atom. The number of aromatic nitrogens is 1. The van der Waals surface area contributed by atoms with Gasteiger partial charge in [-0.25, -0.2) is 4.98 Å². The maximum absolute atomic E-state index is 12.2. The number of morpholine rings is 1. The summed E-state index contributed by atoms with van der Waals surface area (Å²) in [6.07, 6.45) is 2.59. The third kappa shape index (κ3) is 2.08. The van der Waals surface area contributed by atoms with Crippen molar-refractivity contribution in [3.63, 3.8) is 0 Å². The lowest BCUT2D eigenvalue weighted by Crippen LogP contribution is -2.45. The number of ether oxygens (including phenoxy) is 1. The van der Waals surface area contributed by atoms with Gasteiger partial charge in [-0.05, 0) is 12.8 Å². The Bertz CT molecular complexity index is 422. The fourth-order valence-electron chi connectivity index (χ4n) is 2.45. The maximum Gasteiger partial charge on any atom is 0.273 e. The minimum Gasteiger partial charge on any atom is -0.371 e. The van der Waals surface area contributed by atoms with Crippen LogP contribution in [0.3, 0.4) is 0 Å². The number of carbonyl (C=O) groups excluding carboxylic acids is 1. The van der Waals surface area contributed by atoms with Crippen molar-refractivity contribution in [2.75, 3.05) is 13.1 Å². The monoisotopic (exact) mass is 253 g/mol. The molecule has 2 aliphatic rings. The number of amides is 1. The van der Waals surface area contributed by atoms with Crippen molar-refractivity contribution in [1.82, 2.24) is 9.88 Å². The molecule has 3 heterocycles. The highest BCUT2D eigenvalue weighted by atomic mass is 32.1. The Balaban J connectivity index is 1.73. The van der Waals surface area contributed by atoms with Crippen LogP contribution in [-0.4, -0.2) is 41.1 Å². The number of thiazole rings is 1. The number of carbonyl (C=O) groups is 1. The average Bonchev–Trinajstić information content (AvgIpc) is 2.95. The molecule has 6 heteroatoms. The standard InChI is InChI=1S/C11H15N3O2S/c12-3-10-13-9(6-17-10)11(15)14-4-7-1-2-8(5-14)16-7/h6-8H,1-5,12H2. The summed E-state index contributed by atoms with van der Waals surface area (Å²) in [7, 11) is 0. The first-order valence-corrected chi connectivity index (χ1v) is 6.73. The van der Waals surface area contributed by atoms with Crippen molar-refractivity contribution >= 4 is 17.2 Å². The molecule has 0 spiro atoms. The number of hydrogen-bond acceptors (Lipinski definition) is 5. The van der Waals surface area contributed by atoms with Crippen LogP contribution in [-0.2, 0) is 11.3 Å². The molecule has 5 nitrogen and oxygen atoms in total. The van der Waals surface area contributed by atoms with E-state index >= 15 is 0 Å². The molecule has 2 aliphatic heterocycles. The van der Waals surface area contributed by atoms with E-state index in [2.05, 4.69) is 4.98 Å².